The number of amides is 1. The summed E-state index contributed by atoms with van der Waals surface area (Å²) in [5.41, 5.74) is 1.69. The summed E-state index contributed by atoms with van der Waals surface area (Å²) in [5.74, 6) is 0.768. The smallest absolute Gasteiger partial charge is 0.233 e. The highest BCUT2D eigenvalue weighted by Crippen LogP contribution is 2.29. The molecule has 0 bridgehead atoms. The van der Waals surface area contributed by atoms with Gasteiger partial charge >= 0.3 is 0 Å². The summed E-state index contributed by atoms with van der Waals surface area (Å²) in [6.07, 6.45) is 4.41. The molecule has 0 atom stereocenters. The van der Waals surface area contributed by atoms with E-state index in [1.54, 1.807) is 13.4 Å². The van der Waals surface area contributed by atoms with E-state index in [0.29, 0.717) is 6.61 Å². The van der Waals surface area contributed by atoms with Crippen LogP contribution in [0.2, 0.25) is 0 Å². The van der Waals surface area contributed by atoms with E-state index in [1.807, 2.05) is 18.2 Å². The number of ether oxygens (including phenoxy) is 1. The van der Waals surface area contributed by atoms with Crippen LogP contribution in [0, 0.1) is 0 Å². The third-order valence-corrected chi connectivity index (χ3v) is 3.24. The highest BCUT2D eigenvalue weighted by molar-refractivity contribution is 5.82. The first-order chi connectivity index (χ1) is 9.31. The van der Waals surface area contributed by atoms with E-state index >= 15 is 0 Å². The number of hydrogen-bond donors (Lipinski definition) is 0. The Labute approximate surface area is 110 Å². The monoisotopic (exact) mass is 261 g/mol. The second-order valence-electron chi connectivity index (χ2n) is 4.59. The molecule has 19 heavy (non-hydrogen) atoms. The first-order valence-corrected chi connectivity index (χ1v) is 6.22. The van der Waals surface area contributed by atoms with Gasteiger partial charge in [0.15, 0.2) is 0 Å². The van der Waals surface area contributed by atoms with Crippen molar-refractivity contribution in [3.63, 3.8) is 0 Å². The molecule has 100 valence electrons. The van der Waals surface area contributed by atoms with Crippen LogP contribution < -0.4 is 4.74 Å². The highest BCUT2D eigenvalue weighted by Gasteiger charge is 2.29. The van der Waals surface area contributed by atoms with Gasteiger partial charge in [0.05, 0.1) is 19.4 Å². The lowest BCUT2D eigenvalue weighted by molar-refractivity contribution is -0.180. The number of furan rings is 1. The normalized spacial score (nSPS) is 14.6. The number of nitrogens with zero attached hydrogens (tertiary/aromatic N) is 1. The zero-order valence-electron chi connectivity index (χ0n) is 10.7. The van der Waals surface area contributed by atoms with Crippen molar-refractivity contribution in [2.24, 2.45) is 0 Å². The van der Waals surface area contributed by atoms with Gasteiger partial charge in [-0.2, -0.15) is 0 Å². The van der Waals surface area contributed by atoms with Crippen molar-refractivity contribution in [3.8, 4) is 5.75 Å². The van der Waals surface area contributed by atoms with Crippen molar-refractivity contribution >= 4 is 17.4 Å². The predicted molar refractivity (Wildman–Crippen MR) is 68.5 cm³/mol. The van der Waals surface area contributed by atoms with Crippen molar-refractivity contribution in [1.29, 1.82) is 0 Å². The minimum Gasteiger partial charge on any atom is -0.497 e. The zero-order chi connectivity index (χ0) is 13.2. The average molecular weight is 261 g/mol. The summed E-state index contributed by atoms with van der Waals surface area (Å²) in [7, 11) is 1.62. The SMILES string of the molecule is COc1ccc2occ(CON(C=O)C3CC3)c2c1. The van der Waals surface area contributed by atoms with Gasteiger partial charge in [-0.15, -0.1) is 0 Å². The Morgan fingerprint density at radius 1 is 1.47 bits per heavy atom. The van der Waals surface area contributed by atoms with E-state index < -0.39 is 0 Å². The van der Waals surface area contributed by atoms with E-state index in [2.05, 4.69) is 0 Å². The van der Waals surface area contributed by atoms with Gasteiger partial charge < -0.3 is 9.15 Å². The number of benzene rings is 1. The van der Waals surface area contributed by atoms with E-state index in [1.165, 1.54) is 5.06 Å². The number of methoxy groups -OCH3 is 1. The van der Waals surface area contributed by atoms with Crippen molar-refractivity contribution in [3.05, 3.63) is 30.0 Å². The van der Waals surface area contributed by atoms with E-state index in [9.17, 15) is 4.79 Å². The number of rotatable bonds is 6. The fourth-order valence-electron chi connectivity index (χ4n) is 1.99. The van der Waals surface area contributed by atoms with Gasteiger partial charge in [-0.3, -0.25) is 9.63 Å². The number of hydroxylamine groups is 2. The predicted octanol–water partition coefficient (Wildman–Crippen LogP) is 2.49. The van der Waals surface area contributed by atoms with Crippen LogP contribution >= 0.6 is 0 Å². The molecule has 2 aromatic rings. The molecule has 5 nitrogen and oxygen atoms in total. The molecule has 1 aliphatic carbocycles. The second kappa shape index (κ2) is 4.93. The first kappa shape index (κ1) is 12.0. The number of fused-ring (bicyclic) bond motifs is 1. The molecular formula is C14H15NO4. The molecule has 5 heteroatoms. The van der Waals surface area contributed by atoms with Crippen molar-refractivity contribution < 1.29 is 18.8 Å². The molecule has 1 aromatic heterocycles. The first-order valence-electron chi connectivity index (χ1n) is 6.22. The van der Waals surface area contributed by atoms with Crippen LogP contribution in [-0.2, 0) is 16.2 Å². The quantitative estimate of drug-likeness (QED) is 0.592. The van der Waals surface area contributed by atoms with Gasteiger partial charge in [0, 0.05) is 10.9 Å². The third kappa shape index (κ3) is 2.42. The minimum atomic E-state index is 0.241. The third-order valence-electron chi connectivity index (χ3n) is 3.24. The lowest BCUT2D eigenvalue weighted by atomic mass is 10.2. The Morgan fingerprint density at radius 3 is 3.00 bits per heavy atom. The van der Waals surface area contributed by atoms with Gasteiger partial charge in [0.1, 0.15) is 17.9 Å². The number of carbonyl (C=O) groups excluding carboxylic acids is 1. The lowest BCUT2D eigenvalue weighted by Crippen LogP contribution is -2.24. The Balaban J connectivity index is 1.78. The topological polar surface area (TPSA) is 51.9 Å². The van der Waals surface area contributed by atoms with Crippen LogP contribution in [0.3, 0.4) is 0 Å². The largest absolute Gasteiger partial charge is 0.497 e. The minimum absolute atomic E-state index is 0.241. The van der Waals surface area contributed by atoms with Crippen LogP contribution in [0.25, 0.3) is 11.0 Å². The number of carbonyl (C=O) groups is 1. The van der Waals surface area contributed by atoms with Crippen LogP contribution in [0.15, 0.2) is 28.9 Å². The molecule has 0 radical (unpaired) electrons. The molecule has 0 aliphatic heterocycles. The summed E-state index contributed by atoms with van der Waals surface area (Å²) in [4.78, 5) is 16.4. The lowest BCUT2D eigenvalue weighted by Gasteiger charge is -2.15. The Morgan fingerprint density at radius 2 is 2.32 bits per heavy atom. The molecule has 0 saturated heterocycles. The molecule has 1 aromatic carbocycles. The summed E-state index contributed by atoms with van der Waals surface area (Å²) in [5, 5.41) is 2.33. The van der Waals surface area contributed by atoms with Gasteiger partial charge in [0.25, 0.3) is 0 Å². The summed E-state index contributed by atoms with van der Waals surface area (Å²) in [6.45, 7) is 0.315. The average Bonchev–Trinajstić information content (AvgIpc) is 3.20. The molecule has 0 N–H and O–H groups in total. The maximum absolute atomic E-state index is 10.9. The van der Waals surface area contributed by atoms with E-state index in [0.717, 1.165) is 41.5 Å². The summed E-state index contributed by atoms with van der Waals surface area (Å²) < 4.78 is 10.6. The van der Waals surface area contributed by atoms with Gasteiger partial charge in [-0.05, 0) is 31.0 Å². The Kier molecular flexibility index (Phi) is 3.13. The van der Waals surface area contributed by atoms with Crippen LogP contribution in [0.1, 0.15) is 18.4 Å². The molecule has 1 aliphatic rings. The molecule has 0 unspecified atom stereocenters. The van der Waals surface area contributed by atoms with Gasteiger partial charge in [-0.25, -0.2) is 5.06 Å². The molecular weight excluding hydrogens is 246 g/mol. The van der Waals surface area contributed by atoms with Crippen molar-refractivity contribution in [2.75, 3.05) is 7.11 Å². The molecule has 1 fully saturated rings. The highest BCUT2D eigenvalue weighted by atomic mass is 16.7. The fourth-order valence-corrected chi connectivity index (χ4v) is 1.99. The molecule has 1 heterocycles. The van der Waals surface area contributed by atoms with E-state index in [4.69, 9.17) is 14.0 Å². The van der Waals surface area contributed by atoms with Crippen LogP contribution in [-0.4, -0.2) is 24.6 Å². The number of hydrogen-bond acceptors (Lipinski definition) is 4. The van der Waals surface area contributed by atoms with Crippen molar-refractivity contribution in [1.82, 2.24) is 5.06 Å². The summed E-state index contributed by atoms with van der Waals surface area (Å²) in [6, 6.07) is 5.85. The molecule has 1 saturated carbocycles. The zero-order valence-corrected chi connectivity index (χ0v) is 10.7. The van der Waals surface area contributed by atoms with Crippen LogP contribution in [0.4, 0.5) is 0 Å². The molecule has 1 amide bonds. The maximum atomic E-state index is 10.9. The fraction of sp³-hybridized carbons (Fsp3) is 0.357. The summed E-state index contributed by atoms with van der Waals surface area (Å²) >= 11 is 0. The second-order valence-corrected chi connectivity index (χ2v) is 4.59. The maximum Gasteiger partial charge on any atom is 0.233 e. The van der Waals surface area contributed by atoms with Gasteiger partial charge in [-0.1, -0.05) is 0 Å². The standard InChI is InChI=1S/C14H15NO4/c1-17-12-4-5-14-13(6-12)10(7-18-14)8-19-15(9-16)11-2-3-11/h4-7,9,11H,2-3,8H2,1H3. The molecule has 3 rings (SSSR count). The van der Waals surface area contributed by atoms with E-state index in [-0.39, 0.29) is 6.04 Å². The van der Waals surface area contributed by atoms with Crippen molar-refractivity contribution in [2.45, 2.75) is 25.5 Å². The Hall–Kier alpha value is -2.01. The Bertz CT molecular complexity index is 588. The molecule has 0 spiro atoms. The van der Waals surface area contributed by atoms with Gasteiger partial charge in [0.2, 0.25) is 6.41 Å². The van der Waals surface area contributed by atoms with Crippen LogP contribution in [0.5, 0.6) is 5.75 Å².